The van der Waals surface area contributed by atoms with Crippen LogP contribution < -0.4 is 5.32 Å². The van der Waals surface area contributed by atoms with E-state index in [0.29, 0.717) is 0 Å². The van der Waals surface area contributed by atoms with Crippen molar-refractivity contribution in [1.29, 1.82) is 0 Å². The van der Waals surface area contributed by atoms with Gasteiger partial charge in [0.15, 0.2) is 0 Å². The Bertz CT molecular complexity index is 450. The fraction of sp³-hybridized carbons (Fsp3) is 0.250. The highest BCUT2D eigenvalue weighted by Gasteiger charge is 1.95. The van der Waals surface area contributed by atoms with Gasteiger partial charge in [0.25, 0.3) is 0 Å². The molecule has 2 aromatic rings. The number of hydrogen-bond donors (Lipinski definition) is 2. The van der Waals surface area contributed by atoms with Gasteiger partial charge in [0.2, 0.25) is 0 Å². The highest BCUT2D eigenvalue weighted by Crippen LogP contribution is 2.04. The summed E-state index contributed by atoms with van der Waals surface area (Å²) in [6.45, 7) is 1.96. The van der Waals surface area contributed by atoms with Crippen LogP contribution in [0.2, 0.25) is 0 Å². The first-order chi connectivity index (χ1) is 8.88. The van der Waals surface area contributed by atoms with Crippen LogP contribution in [0.3, 0.4) is 0 Å². The summed E-state index contributed by atoms with van der Waals surface area (Å²) in [5.41, 5.74) is 3.57. The molecule has 0 saturated carbocycles. The molecule has 0 aliphatic heterocycles. The maximum absolute atomic E-state index is 8.95. The summed E-state index contributed by atoms with van der Waals surface area (Å²) in [6, 6.07) is 18.5. The first-order valence-electron chi connectivity index (χ1n) is 6.32. The molecule has 18 heavy (non-hydrogen) atoms. The lowest BCUT2D eigenvalue weighted by Crippen LogP contribution is -2.16. The Balaban J connectivity index is 1.72. The van der Waals surface area contributed by atoms with Gasteiger partial charge in [-0.15, -0.1) is 0 Å². The number of nitrogens with one attached hydrogen (secondary N) is 1. The fourth-order valence-electron chi connectivity index (χ4n) is 1.87. The van der Waals surface area contributed by atoms with E-state index in [-0.39, 0.29) is 6.61 Å². The van der Waals surface area contributed by atoms with E-state index in [2.05, 4.69) is 41.7 Å². The van der Waals surface area contributed by atoms with Gasteiger partial charge in [-0.1, -0.05) is 54.6 Å². The fourth-order valence-corrected chi connectivity index (χ4v) is 1.87. The number of hydrogen-bond acceptors (Lipinski definition) is 2. The minimum absolute atomic E-state index is 0.113. The molecule has 2 nitrogen and oxygen atoms in total. The molecular weight excluding hydrogens is 222 g/mol. The minimum Gasteiger partial charge on any atom is -0.392 e. The van der Waals surface area contributed by atoms with E-state index >= 15 is 0 Å². The Morgan fingerprint density at radius 1 is 0.778 bits per heavy atom. The Labute approximate surface area is 108 Å². The van der Waals surface area contributed by atoms with Crippen molar-refractivity contribution in [2.24, 2.45) is 0 Å². The van der Waals surface area contributed by atoms with Crippen LogP contribution in [0.1, 0.15) is 16.7 Å². The van der Waals surface area contributed by atoms with Crippen LogP contribution in [0.25, 0.3) is 0 Å². The van der Waals surface area contributed by atoms with Gasteiger partial charge in [0.05, 0.1) is 6.61 Å². The third-order valence-corrected chi connectivity index (χ3v) is 2.97. The molecule has 2 N–H and O–H groups in total. The molecule has 2 aromatic carbocycles. The summed E-state index contributed by atoms with van der Waals surface area (Å²) in [5.74, 6) is 0. The van der Waals surface area contributed by atoms with Crippen LogP contribution in [-0.2, 0) is 19.6 Å². The maximum atomic E-state index is 8.95. The van der Waals surface area contributed by atoms with Gasteiger partial charge >= 0.3 is 0 Å². The molecule has 94 valence electrons. The lowest BCUT2D eigenvalue weighted by Gasteiger charge is -2.06. The van der Waals surface area contributed by atoms with E-state index in [9.17, 15) is 0 Å². The summed E-state index contributed by atoms with van der Waals surface area (Å²) in [5, 5.41) is 12.4. The zero-order valence-corrected chi connectivity index (χ0v) is 10.5. The molecule has 0 radical (unpaired) electrons. The van der Waals surface area contributed by atoms with E-state index in [1.807, 2.05) is 18.2 Å². The average molecular weight is 241 g/mol. The molecule has 0 unspecified atom stereocenters. The van der Waals surface area contributed by atoms with Crippen molar-refractivity contribution in [2.75, 3.05) is 6.54 Å². The molecule has 0 spiro atoms. The zero-order valence-electron chi connectivity index (χ0n) is 10.5. The van der Waals surface area contributed by atoms with Crippen molar-refractivity contribution >= 4 is 0 Å². The molecule has 2 heteroatoms. The molecular formula is C16H19NO. The van der Waals surface area contributed by atoms with E-state index in [4.69, 9.17) is 5.11 Å². The molecule has 0 heterocycles. The minimum atomic E-state index is 0.113. The monoisotopic (exact) mass is 241 g/mol. The van der Waals surface area contributed by atoms with Crippen molar-refractivity contribution in [2.45, 2.75) is 19.6 Å². The third-order valence-electron chi connectivity index (χ3n) is 2.97. The topological polar surface area (TPSA) is 32.3 Å². The molecule has 0 fully saturated rings. The van der Waals surface area contributed by atoms with Crippen molar-refractivity contribution in [3.05, 3.63) is 71.3 Å². The second-order valence-electron chi connectivity index (χ2n) is 4.39. The molecule has 0 aliphatic rings. The summed E-state index contributed by atoms with van der Waals surface area (Å²) < 4.78 is 0. The third kappa shape index (κ3) is 3.99. The highest BCUT2D eigenvalue weighted by molar-refractivity contribution is 5.22. The van der Waals surface area contributed by atoms with Gasteiger partial charge in [0, 0.05) is 6.54 Å². The van der Waals surface area contributed by atoms with Crippen molar-refractivity contribution in [3.63, 3.8) is 0 Å². The lowest BCUT2D eigenvalue weighted by atomic mass is 10.1. The first-order valence-corrected chi connectivity index (χ1v) is 6.32. The number of rotatable bonds is 6. The number of aliphatic hydroxyl groups excluding tert-OH is 1. The predicted octanol–water partition coefficient (Wildman–Crippen LogP) is 2.51. The van der Waals surface area contributed by atoms with Crippen molar-refractivity contribution < 1.29 is 5.11 Å². The Morgan fingerprint density at radius 2 is 1.44 bits per heavy atom. The van der Waals surface area contributed by atoms with Crippen LogP contribution in [0, 0.1) is 0 Å². The van der Waals surface area contributed by atoms with Crippen LogP contribution >= 0.6 is 0 Å². The van der Waals surface area contributed by atoms with E-state index in [1.165, 1.54) is 11.1 Å². The maximum Gasteiger partial charge on any atom is 0.0681 e. The van der Waals surface area contributed by atoms with E-state index in [0.717, 1.165) is 25.1 Å². The lowest BCUT2D eigenvalue weighted by molar-refractivity contribution is 0.282. The second-order valence-corrected chi connectivity index (χ2v) is 4.39. The van der Waals surface area contributed by atoms with Crippen LogP contribution in [0.15, 0.2) is 54.6 Å². The molecule has 0 saturated heterocycles. The van der Waals surface area contributed by atoms with Crippen LogP contribution in [-0.4, -0.2) is 11.7 Å². The average Bonchev–Trinajstić information content (AvgIpc) is 2.45. The van der Waals surface area contributed by atoms with Crippen LogP contribution in [0.5, 0.6) is 0 Å². The molecule has 0 amide bonds. The van der Waals surface area contributed by atoms with Crippen molar-refractivity contribution in [1.82, 2.24) is 5.32 Å². The van der Waals surface area contributed by atoms with Gasteiger partial charge in [-0.3, -0.25) is 0 Å². The molecule has 0 bridgehead atoms. The molecule has 0 aromatic heterocycles. The van der Waals surface area contributed by atoms with Crippen molar-refractivity contribution in [3.8, 4) is 0 Å². The number of aliphatic hydroxyl groups is 1. The summed E-state index contributed by atoms with van der Waals surface area (Å²) in [7, 11) is 0. The zero-order chi connectivity index (χ0) is 12.6. The SMILES string of the molecule is OCc1ccc(CNCCc2ccccc2)cc1. The second kappa shape index (κ2) is 6.94. The quantitative estimate of drug-likeness (QED) is 0.762. The Kier molecular flexibility index (Phi) is 4.94. The smallest absolute Gasteiger partial charge is 0.0681 e. The van der Waals surface area contributed by atoms with Crippen LogP contribution in [0.4, 0.5) is 0 Å². The predicted molar refractivity (Wildman–Crippen MR) is 74.2 cm³/mol. The highest BCUT2D eigenvalue weighted by atomic mass is 16.3. The standard InChI is InChI=1S/C16H19NO/c18-13-16-8-6-15(7-9-16)12-17-11-10-14-4-2-1-3-5-14/h1-9,17-18H,10-13H2. The molecule has 0 aliphatic carbocycles. The largest absolute Gasteiger partial charge is 0.392 e. The molecule has 2 rings (SSSR count). The Morgan fingerprint density at radius 3 is 2.11 bits per heavy atom. The first kappa shape index (κ1) is 12.8. The van der Waals surface area contributed by atoms with Gasteiger partial charge in [0.1, 0.15) is 0 Å². The van der Waals surface area contributed by atoms with E-state index < -0.39 is 0 Å². The normalized spacial score (nSPS) is 10.5. The summed E-state index contributed by atoms with van der Waals surface area (Å²) in [6.07, 6.45) is 1.05. The number of benzene rings is 2. The van der Waals surface area contributed by atoms with Gasteiger partial charge < -0.3 is 10.4 Å². The molecule has 0 atom stereocenters. The van der Waals surface area contributed by atoms with Gasteiger partial charge in [-0.25, -0.2) is 0 Å². The van der Waals surface area contributed by atoms with E-state index in [1.54, 1.807) is 0 Å². The van der Waals surface area contributed by atoms with Gasteiger partial charge in [-0.2, -0.15) is 0 Å². The summed E-state index contributed by atoms with van der Waals surface area (Å²) in [4.78, 5) is 0. The Hall–Kier alpha value is -1.64. The summed E-state index contributed by atoms with van der Waals surface area (Å²) >= 11 is 0. The van der Waals surface area contributed by atoms with Gasteiger partial charge in [-0.05, 0) is 29.7 Å².